The van der Waals surface area contributed by atoms with Crippen molar-refractivity contribution in [1.29, 1.82) is 0 Å². The Morgan fingerprint density at radius 1 is 0.893 bits per heavy atom. The number of rotatable bonds is 5. The van der Waals surface area contributed by atoms with Crippen LogP contribution in [0.1, 0.15) is 27.0 Å². The Hall–Kier alpha value is -3.71. The number of para-hydroxylation sites is 2. The molecule has 0 unspecified atom stereocenters. The van der Waals surface area contributed by atoms with Crippen LogP contribution in [-0.2, 0) is 0 Å². The molecular weight excluding hydrogens is 352 g/mol. The van der Waals surface area contributed by atoms with Crippen LogP contribution in [0.4, 0.5) is 0 Å². The summed E-state index contributed by atoms with van der Waals surface area (Å²) in [6.07, 6.45) is 0. The van der Waals surface area contributed by atoms with Crippen LogP contribution in [0.25, 0.3) is 0 Å². The summed E-state index contributed by atoms with van der Waals surface area (Å²) >= 11 is 0. The van der Waals surface area contributed by atoms with Gasteiger partial charge in [-0.3, -0.25) is 0 Å². The van der Waals surface area contributed by atoms with Crippen molar-refractivity contribution in [3.05, 3.63) is 89.0 Å². The number of carbonyl (C=O) groups is 1. The molecule has 4 heteroatoms. The molecule has 1 N–H and O–H groups in total. The molecule has 0 amide bonds. The molecule has 0 saturated carbocycles. The van der Waals surface area contributed by atoms with Crippen molar-refractivity contribution >= 4 is 5.97 Å². The monoisotopic (exact) mass is 372 g/mol. The van der Waals surface area contributed by atoms with Gasteiger partial charge in [-0.1, -0.05) is 47.7 Å². The molecule has 28 heavy (non-hydrogen) atoms. The minimum atomic E-state index is -0.987. The van der Waals surface area contributed by atoms with Gasteiger partial charge in [0.2, 0.25) is 0 Å². The number of carboxylic acids is 1. The molecule has 3 aromatic rings. The van der Waals surface area contributed by atoms with Crippen molar-refractivity contribution in [2.45, 2.75) is 13.8 Å². The van der Waals surface area contributed by atoms with E-state index in [-0.39, 0.29) is 12.2 Å². The first kappa shape index (κ1) is 19.1. The molecule has 0 heterocycles. The van der Waals surface area contributed by atoms with E-state index in [4.69, 9.17) is 9.47 Å². The highest BCUT2D eigenvalue weighted by Gasteiger charge is 2.13. The number of carboxylic acid groups (broad SMARTS) is 1. The molecule has 3 rings (SSSR count). The third-order valence-electron chi connectivity index (χ3n) is 4.17. The first-order valence-electron chi connectivity index (χ1n) is 8.83. The quantitative estimate of drug-likeness (QED) is 0.624. The van der Waals surface area contributed by atoms with Gasteiger partial charge in [-0.25, -0.2) is 4.79 Å². The summed E-state index contributed by atoms with van der Waals surface area (Å²) in [7, 11) is 0. The molecule has 0 bridgehead atoms. The largest absolute Gasteiger partial charge is 0.478 e. The molecule has 0 saturated heterocycles. The first-order valence-corrected chi connectivity index (χ1v) is 8.83. The maximum absolute atomic E-state index is 11.3. The van der Waals surface area contributed by atoms with E-state index in [0.717, 1.165) is 5.56 Å². The number of hydrogen-bond donors (Lipinski definition) is 1. The Labute approximate surface area is 164 Å². The van der Waals surface area contributed by atoms with Crippen molar-refractivity contribution < 1.29 is 19.4 Å². The van der Waals surface area contributed by atoms with Crippen LogP contribution < -0.4 is 9.47 Å². The predicted molar refractivity (Wildman–Crippen MR) is 108 cm³/mol. The van der Waals surface area contributed by atoms with Gasteiger partial charge in [0.1, 0.15) is 12.4 Å². The second-order valence-corrected chi connectivity index (χ2v) is 6.24. The fraction of sp³-hybridized carbons (Fsp3) is 0.125. The normalized spacial score (nSPS) is 9.93. The molecule has 0 aliphatic heterocycles. The van der Waals surface area contributed by atoms with E-state index in [2.05, 4.69) is 11.8 Å². The highest BCUT2D eigenvalue weighted by Crippen LogP contribution is 2.33. The third kappa shape index (κ3) is 4.72. The van der Waals surface area contributed by atoms with Crippen LogP contribution in [0.3, 0.4) is 0 Å². The van der Waals surface area contributed by atoms with Crippen LogP contribution in [-0.4, -0.2) is 17.7 Å². The zero-order valence-corrected chi connectivity index (χ0v) is 15.7. The smallest absolute Gasteiger partial charge is 0.336 e. The Morgan fingerprint density at radius 2 is 1.57 bits per heavy atom. The van der Waals surface area contributed by atoms with Crippen molar-refractivity contribution in [3.8, 4) is 29.1 Å². The topological polar surface area (TPSA) is 55.8 Å². The number of benzene rings is 3. The summed E-state index contributed by atoms with van der Waals surface area (Å²) in [6.45, 7) is 3.96. The van der Waals surface area contributed by atoms with Crippen LogP contribution in [0.5, 0.6) is 17.2 Å². The molecule has 0 atom stereocenters. The summed E-state index contributed by atoms with van der Waals surface area (Å²) in [5.74, 6) is 6.58. The summed E-state index contributed by atoms with van der Waals surface area (Å²) in [4.78, 5) is 11.3. The predicted octanol–water partition coefficient (Wildman–Crippen LogP) is 5.22. The lowest BCUT2D eigenvalue weighted by molar-refractivity contribution is 0.0695. The van der Waals surface area contributed by atoms with E-state index < -0.39 is 5.97 Å². The molecule has 4 nitrogen and oxygen atoms in total. The van der Waals surface area contributed by atoms with Gasteiger partial charge in [0.25, 0.3) is 0 Å². The maximum Gasteiger partial charge on any atom is 0.336 e. The Morgan fingerprint density at radius 3 is 2.29 bits per heavy atom. The van der Waals surface area contributed by atoms with Gasteiger partial charge in [-0.15, -0.1) is 0 Å². The lowest BCUT2D eigenvalue weighted by Crippen LogP contribution is -2.02. The molecule has 3 aromatic carbocycles. The maximum atomic E-state index is 11.3. The van der Waals surface area contributed by atoms with E-state index in [1.807, 2.05) is 43.3 Å². The van der Waals surface area contributed by atoms with Crippen LogP contribution in [0, 0.1) is 25.7 Å². The average molecular weight is 372 g/mol. The highest BCUT2D eigenvalue weighted by atomic mass is 16.5. The highest BCUT2D eigenvalue weighted by molar-refractivity contribution is 5.90. The summed E-state index contributed by atoms with van der Waals surface area (Å²) in [5.41, 5.74) is 2.89. The van der Waals surface area contributed by atoms with Gasteiger partial charge in [-0.2, -0.15) is 0 Å². The molecular formula is C24H20O4. The van der Waals surface area contributed by atoms with Crippen LogP contribution in [0.15, 0.2) is 66.7 Å². The lowest BCUT2D eigenvalue weighted by Gasteiger charge is -2.13. The fourth-order valence-corrected chi connectivity index (χ4v) is 2.62. The third-order valence-corrected chi connectivity index (χ3v) is 4.17. The van der Waals surface area contributed by atoms with Crippen molar-refractivity contribution in [3.63, 3.8) is 0 Å². The number of ether oxygens (including phenoxy) is 2. The fourth-order valence-electron chi connectivity index (χ4n) is 2.62. The SMILES string of the molecule is Cc1ccc(C#CCOc2ccccc2Oc2cccc(C(=O)O)c2C)cc1. The van der Waals surface area contributed by atoms with Crippen molar-refractivity contribution in [2.75, 3.05) is 6.61 Å². The second kappa shape index (κ2) is 8.79. The molecule has 140 valence electrons. The van der Waals surface area contributed by atoms with E-state index in [1.54, 1.807) is 37.3 Å². The van der Waals surface area contributed by atoms with Gasteiger partial charge in [0, 0.05) is 11.1 Å². The second-order valence-electron chi connectivity index (χ2n) is 6.24. The van der Waals surface area contributed by atoms with Crippen molar-refractivity contribution in [1.82, 2.24) is 0 Å². The van der Waals surface area contributed by atoms with Crippen LogP contribution in [0.2, 0.25) is 0 Å². The van der Waals surface area contributed by atoms with Gasteiger partial charge < -0.3 is 14.6 Å². The van der Waals surface area contributed by atoms with Gasteiger partial charge in [0.15, 0.2) is 11.5 Å². The van der Waals surface area contributed by atoms with Gasteiger partial charge >= 0.3 is 5.97 Å². The van der Waals surface area contributed by atoms with E-state index in [0.29, 0.717) is 22.8 Å². The molecule has 0 radical (unpaired) electrons. The zero-order chi connectivity index (χ0) is 19.9. The minimum absolute atomic E-state index is 0.208. The summed E-state index contributed by atoms with van der Waals surface area (Å²) in [5, 5.41) is 9.27. The van der Waals surface area contributed by atoms with Crippen LogP contribution >= 0.6 is 0 Å². The minimum Gasteiger partial charge on any atom is -0.478 e. The molecule has 0 aromatic heterocycles. The first-order chi connectivity index (χ1) is 13.5. The standard InChI is InChI=1S/C24H20O4/c1-17-12-14-19(15-13-17)7-6-16-27-22-9-3-4-10-23(22)28-21-11-5-8-20(18(21)2)24(25)26/h3-5,8-15H,16H2,1-2H3,(H,25,26). The van der Waals surface area contributed by atoms with E-state index in [1.165, 1.54) is 5.56 Å². The number of aryl methyl sites for hydroxylation is 1. The Balaban J connectivity index is 1.73. The molecule has 0 aliphatic rings. The lowest BCUT2D eigenvalue weighted by atomic mass is 10.1. The molecule has 0 aliphatic carbocycles. The van der Waals surface area contributed by atoms with Gasteiger partial charge in [-0.05, 0) is 50.2 Å². The van der Waals surface area contributed by atoms with Crippen molar-refractivity contribution in [2.24, 2.45) is 0 Å². The Kier molecular flexibility index (Phi) is 5.98. The average Bonchev–Trinajstić information content (AvgIpc) is 2.69. The summed E-state index contributed by atoms with van der Waals surface area (Å²) in [6, 6.07) is 20.1. The van der Waals surface area contributed by atoms with E-state index >= 15 is 0 Å². The van der Waals surface area contributed by atoms with E-state index in [9.17, 15) is 9.90 Å². The summed E-state index contributed by atoms with van der Waals surface area (Å²) < 4.78 is 11.7. The molecule has 0 fully saturated rings. The molecule has 0 spiro atoms. The van der Waals surface area contributed by atoms with Gasteiger partial charge in [0.05, 0.1) is 5.56 Å². The number of hydrogen-bond acceptors (Lipinski definition) is 3. The zero-order valence-electron chi connectivity index (χ0n) is 15.7. The Bertz CT molecular complexity index is 1040. The number of aromatic carboxylic acids is 1.